The summed E-state index contributed by atoms with van der Waals surface area (Å²) in [5.74, 6) is 0. The second kappa shape index (κ2) is 12.5. The average Bonchev–Trinajstić information content (AvgIpc) is 3.08. The molecule has 0 saturated heterocycles. The Labute approximate surface area is 262 Å². The molecule has 3 heteroatoms. The first-order valence-corrected chi connectivity index (χ1v) is 15.1. The van der Waals surface area contributed by atoms with E-state index in [1.54, 1.807) is 0 Å². The molecule has 0 bridgehead atoms. The third kappa shape index (κ3) is 5.45. The van der Waals surface area contributed by atoms with E-state index in [2.05, 4.69) is 207 Å². The molecule has 218 valence electrons. The van der Waals surface area contributed by atoms with E-state index in [0.29, 0.717) is 0 Å². The molecule has 3 nitrogen and oxygen atoms in total. The van der Waals surface area contributed by atoms with Gasteiger partial charge in [0.05, 0.1) is 5.41 Å². The van der Waals surface area contributed by atoms with Gasteiger partial charge in [0, 0.05) is 56.6 Å². The zero-order valence-electron chi connectivity index (χ0n) is 25.9. The van der Waals surface area contributed by atoms with Gasteiger partial charge in [-0.1, -0.05) is 103 Å². The van der Waals surface area contributed by atoms with Gasteiger partial charge in [-0.15, -0.1) is 0 Å². The van der Waals surface area contributed by atoms with Crippen LogP contribution in [0.15, 0.2) is 164 Å². The molecule has 0 unspecified atom stereocenters. The van der Waals surface area contributed by atoms with Gasteiger partial charge in [-0.2, -0.15) is 0 Å². The second-order valence-corrected chi connectivity index (χ2v) is 11.6. The average molecular weight is 574 g/mol. The lowest BCUT2D eigenvalue weighted by atomic mass is 9.65. The van der Waals surface area contributed by atoms with E-state index in [4.69, 9.17) is 0 Å². The van der Waals surface area contributed by atoms with Crippen LogP contribution >= 0.6 is 0 Å². The van der Waals surface area contributed by atoms with Crippen LogP contribution in [0.3, 0.4) is 0 Å². The van der Waals surface area contributed by atoms with Gasteiger partial charge in [-0.3, -0.25) is 0 Å². The fourth-order valence-electron chi connectivity index (χ4n) is 6.17. The Morgan fingerprint density at radius 3 is 0.841 bits per heavy atom. The van der Waals surface area contributed by atoms with Crippen molar-refractivity contribution in [2.75, 3.05) is 42.9 Å². The highest BCUT2D eigenvalue weighted by Crippen LogP contribution is 2.46. The molecular formula is C41H39N3. The highest BCUT2D eigenvalue weighted by molar-refractivity contribution is 5.78. The summed E-state index contributed by atoms with van der Waals surface area (Å²) in [5, 5.41) is 0. The molecule has 0 N–H and O–H groups in total. The number of hydrogen-bond acceptors (Lipinski definition) is 3. The summed E-state index contributed by atoms with van der Waals surface area (Å²) in [6, 6.07) is 59.2. The molecule has 0 spiro atoms. The van der Waals surface area contributed by atoms with Crippen LogP contribution in [-0.2, 0) is 5.41 Å². The van der Waals surface area contributed by atoms with Crippen molar-refractivity contribution in [3.05, 3.63) is 186 Å². The van der Waals surface area contributed by atoms with E-state index in [-0.39, 0.29) is 0 Å². The Morgan fingerprint density at radius 2 is 0.545 bits per heavy atom. The third-order valence-corrected chi connectivity index (χ3v) is 8.43. The number of nitrogens with zero attached hydrogens (tertiary/aromatic N) is 3. The predicted molar refractivity (Wildman–Crippen MR) is 188 cm³/mol. The summed E-state index contributed by atoms with van der Waals surface area (Å²) in [4.78, 5) is 6.59. The Morgan fingerprint density at radius 1 is 0.295 bits per heavy atom. The molecule has 6 aromatic carbocycles. The van der Waals surface area contributed by atoms with Crippen molar-refractivity contribution in [2.24, 2.45) is 0 Å². The molecule has 0 amide bonds. The normalized spacial score (nSPS) is 11.2. The zero-order chi connectivity index (χ0) is 30.5. The first kappa shape index (κ1) is 28.8. The second-order valence-electron chi connectivity index (χ2n) is 11.6. The lowest BCUT2D eigenvalue weighted by Gasteiger charge is -2.37. The van der Waals surface area contributed by atoms with Crippen molar-refractivity contribution in [1.29, 1.82) is 0 Å². The van der Waals surface area contributed by atoms with Crippen molar-refractivity contribution >= 4 is 28.4 Å². The number of anilines is 5. The van der Waals surface area contributed by atoms with E-state index in [0.717, 1.165) is 17.1 Å². The minimum absolute atomic E-state index is 0.478. The van der Waals surface area contributed by atoms with Gasteiger partial charge in [-0.05, 0) is 82.9 Å². The maximum Gasteiger partial charge on any atom is 0.0701 e. The third-order valence-electron chi connectivity index (χ3n) is 8.43. The SMILES string of the molecule is CN(C)c1ccc(N(c2ccc(N(C)C)cc2)c2ccc(C(c3ccccc3)(c3ccccc3)c3ccccc3)cc2)cc1. The van der Waals surface area contributed by atoms with Crippen LogP contribution in [0.1, 0.15) is 22.3 Å². The van der Waals surface area contributed by atoms with Gasteiger partial charge in [0.1, 0.15) is 0 Å². The van der Waals surface area contributed by atoms with Crippen molar-refractivity contribution in [2.45, 2.75) is 5.41 Å². The fraction of sp³-hybridized carbons (Fsp3) is 0.122. The minimum Gasteiger partial charge on any atom is -0.378 e. The van der Waals surface area contributed by atoms with E-state index in [1.165, 1.54) is 33.6 Å². The van der Waals surface area contributed by atoms with Crippen LogP contribution in [0, 0.1) is 0 Å². The molecule has 0 saturated carbocycles. The van der Waals surface area contributed by atoms with Crippen molar-refractivity contribution in [3.8, 4) is 0 Å². The number of benzene rings is 6. The Kier molecular flexibility index (Phi) is 8.21. The van der Waals surface area contributed by atoms with E-state index in [1.807, 2.05) is 0 Å². The van der Waals surface area contributed by atoms with Crippen molar-refractivity contribution < 1.29 is 0 Å². The molecule has 0 aromatic heterocycles. The number of rotatable bonds is 9. The largest absolute Gasteiger partial charge is 0.378 e. The highest BCUT2D eigenvalue weighted by Gasteiger charge is 2.38. The van der Waals surface area contributed by atoms with Crippen LogP contribution in [0.2, 0.25) is 0 Å². The van der Waals surface area contributed by atoms with Gasteiger partial charge in [0.2, 0.25) is 0 Å². The van der Waals surface area contributed by atoms with Crippen LogP contribution in [-0.4, -0.2) is 28.2 Å². The number of hydrogen-bond donors (Lipinski definition) is 0. The maximum atomic E-state index is 2.33. The summed E-state index contributed by atoms with van der Waals surface area (Å²) in [6.07, 6.45) is 0. The smallest absolute Gasteiger partial charge is 0.0701 e. The summed E-state index contributed by atoms with van der Waals surface area (Å²) in [5.41, 5.74) is 10.1. The summed E-state index contributed by atoms with van der Waals surface area (Å²) in [7, 11) is 8.29. The van der Waals surface area contributed by atoms with E-state index >= 15 is 0 Å². The van der Waals surface area contributed by atoms with E-state index in [9.17, 15) is 0 Å². The molecule has 6 rings (SSSR count). The Bertz CT molecular complexity index is 1610. The summed E-state index contributed by atoms with van der Waals surface area (Å²) >= 11 is 0. The monoisotopic (exact) mass is 573 g/mol. The predicted octanol–water partition coefficient (Wildman–Crippen LogP) is 9.67. The molecule has 0 aliphatic carbocycles. The molecule has 0 aliphatic rings. The molecule has 0 heterocycles. The summed E-state index contributed by atoms with van der Waals surface area (Å²) < 4.78 is 0. The van der Waals surface area contributed by atoms with E-state index < -0.39 is 5.41 Å². The quantitative estimate of drug-likeness (QED) is 0.159. The standard InChI is InChI=1S/C41H39N3/c1-42(2)36-24-28-39(29-25-36)44(40-30-26-37(27-31-40)43(3)4)38-22-20-35(21-23-38)41(32-14-8-5-9-15-32,33-16-10-6-11-17-33)34-18-12-7-13-19-34/h5-31H,1-4H3. The molecule has 0 fully saturated rings. The van der Waals surface area contributed by atoms with Gasteiger partial charge in [-0.25, -0.2) is 0 Å². The van der Waals surface area contributed by atoms with Gasteiger partial charge < -0.3 is 14.7 Å². The van der Waals surface area contributed by atoms with Gasteiger partial charge >= 0.3 is 0 Å². The van der Waals surface area contributed by atoms with Gasteiger partial charge in [0.15, 0.2) is 0 Å². The molecule has 0 atom stereocenters. The van der Waals surface area contributed by atoms with Crippen molar-refractivity contribution in [1.82, 2.24) is 0 Å². The Balaban J connectivity index is 1.53. The summed E-state index contributed by atoms with van der Waals surface area (Å²) in [6.45, 7) is 0. The molecule has 0 radical (unpaired) electrons. The lowest BCUT2D eigenvalue weighted by Crippen LogP contribution is -2.31. The molecule has 6 aromatic rings. The van der Waals surface area contributed by atoms with Crippen LogP contribution in [0.25, 0.3) is 0 Å². The Hall–Kier alpha value is -5.28. The van der Waals surface area contributed by atoms with Gasteiger partial charge in [0.25, 0.3) is 0 Å². The maximum absolute atomic E-state index is 2.33. The first-order valence-electron chi connectivity index (χ1n) is 15.1. The minimum atomic E-state index is -0.478. The molecule has 44 heavy (non-hydrogen) atoms. The topological polar surface area (TPSA) is 9.72 Å². The van der Waals surface area contributed by atoms with Crippen LogP contribution in [0.4, 0.5) is 28.4 Å². The molecule has 0 aliphatic heterocycles. The fourth-order valence-corrected chi connectivity index (χ4v) is 6.17. The highest BCUT2D eigenvalue weighted by atomic mass is 15.1. The van der Waals surface area contributed by atoms with Crippen LogP contribution < -0.4 is 14.7 Å². The molecular weight excluding hydrogens is 534 g/mol. The lowest BCUT2D eigenvalue weighted by molar-refractivity contribution is 0.745. The van der Waals surface area contributed by atoms with Crippen molar-refractivity contribution in [3.63, 3.8) is 0 Å². The zero-order valence-corrected chi connectivity index (χ0v) is 25.9. The van der Waals surface area contributed by atoms with Crippen LogP contribution in [0.5, 0.6) is 0 Å². The first-order chi connectivity index (χ1) is 21.5.